The zero-order valence-electron chi connectivity index (χ0n) is 10.5. The minimum atomic E-state index is -3.51. The number of aliphatic carboxylic acids is 1. The summed E-state index contributed by atoms with van der Waals surface area (Å²) in [4.78, 5) is 10.4. The van der Waals surface area contributed by atoms with Crippen LogP contribution in [-0.4, -0.2) is 55.3 Å². The lowest BCUT2D eigenvalue weighted by Crippen LogP contribution is -2.41. The molecule has 6 nitrogen and oxygen atoms in total. The molecule has 0 heterocycles. The summed E-state index contributed by atoms with van der Waals surface area (Å²) < 4.78 is 26.3. The van der Waals surface area contributed by atoms with Gasteiger partial charge >= 0.3 is 5.97 Å². The van der Waals surface area contributed by atoms with Gasteiger partial charge in [-0.1, -0.05) is 6.92 Å². The molecule has 0 amide bonds. The minimum absolute atomic E-state index is 0.00221. The zero-order valence-corrected chi connectivity index (χ0v) is 11.3. The largest absolute Gasteiger partial charge is 0.481 e. The summed E-state index contributed by atoms with van der Waals surface area (Å²) >= 11 is 0. The number of carboxylic acids is 1. The van der Waals surface area contributed by atoms with Gasteiger partial charge in [0.2, 0.25) is 0 Å². The van der Waals surface area contributed by atoms with Crippen molar-refractivity contribution in [1.29, 1.82) is 0 Å². The summed E-state index contributed by atoms with van der Waals surface area (Å²) in [5, 5.41) is 8.52. The summed E-state index contributed by atoms with van der Waals surface area (Å²) in [6, 6.07) is 0. The molecule has 1 N–H and O–H groups in total. The van der Waals surface area contributed by atoms with Gasteiger partial charge in [0.25, 0.3) is 10.2 Å². The molecule has 1 fully saturated rings. The van der Waals surface area contributed by atoms with Crippen molar-refractivity contribution in [2.75, 3.05) is 27.2 Å². The smallest absolute Gasteiger partial charge is 0.304 e. The van der Waals surface area contributed by atoms with Gasteiger partial charge in [-0.3, -0.25) is 4.79 Å². The Morgan fingerprint density at radius 3 is 2.29 bits per heavy atom. The second kappa shape index (κ2) is 5.32. The molecule has 100 valence electrons. The van der Waals surface area contributed by atoms with E-state index in [1.165, 1.54) is 18.4 Å². The fraction of sp³-hybridized carbons (Fsp3) is 0.900. The van der Waals surface area contributed by atoms with E-state index in [1.54, 1.807) is 0 Å². The van der Waals surface area contributed by atoms with Crippen molar-refractivity contribution in [2.24, 2.45) is 11.8 Å². The van der Waals surface area contributed by atoms with Gasteiger partial charge in [-0.05, 0) is 18.3 Å². The van der Waals surface area contributed by atoms with Crippen LogP contribution >= 0.6 is 0 Å². The van der Waals surface area contributed by atoms with Crippen molar-refractivity contribution in [3.8, 4) is 0 Å². The van der Waals surface area contributed by atoms with Crippen LogP contribution in [0.1, 0.15) is 19.8 Å². The Kier molecular flexibility index (Phi) is 4.51. The molecule has 1 rings (SSSR count). The quantitative estimate of drug-likeness (QED) is 0.714. The van der Waals surface area contributed by atoms with Crippen molar-refractivity contribution in [2.45, 2.75) is 19.8 Å². The van der Waals surface area contributed by atoms with E-state index in [9.17, 15) is 13.2 Å². The van der Waals surface area contributed by atoms with Gasteiger partial charge in [-0.15, -0.1) is 0 Å². The summed E-state index contributed by atoms with van der Waals surface area (Å²) in [6.45, 7) is 2.61. The molecule has 0 saturated heterocycles. The van der Waals surface area contributed by atoms with Crippen molar-refractivity contribution in [3.05, 3.63) is 0 Å². The average molecular weight is 264 g/mol. The van der Waals surface area contributed by atoms with E-state index < -0.39 is 16.2 Å². The molecule has 0 aromatic carbocycles. The Balaban J connectivity index is 2.50. The first-order valence-corrected chi connectivity index (χ1v) is 7.04. The molecule has 1 aliphatic rings. The highest BCUT2D eigenvalue weighted by Gasteiger charge is 2.36. The van der Waals surface area contributed by atoms with Gasteiger partial charge in [0.1, 0.15) is 0 Å². The summed E-state index contributed by atoms with van der Waals surface area (Å²) in [5.41, 5.74) is 0. The number of carbonyl (C=O) groups is 1. The molecular formula is C10H20N2O4S. The third-order valence-corrected chi connectivity index (χ3v) is 5.10. The molecule has 0 bridgehead atoms. The molecule has 0 aromatic heterocycles. The zero-order chi connectivity index (χ0) is 13.2. The highest BCUT2D eigenvalue weighted by molar-refractivity contribution is 7.86. The second-order valence-corrected chi connectivity index (χ2v) is 6.87. The standard InChI is InChI=1S/C10H20N2O4S/c1-8-6-9(8)7-12(3)17(15,16)11(2)5-4-10(13)14/h8-9H,4-7H2,1-3H3,(H,13,14). The number of carboxylic acid groups (broad SMARTS) is 1. The topological polar surface area (TPSA) is 77.9 Å². The number of rotatable bonds is 7. The van der Waals surface area contributed by atoms with Gasteiger partial charge in [0.05, 0.1) is 6.42 Å². The van der Waals surface area contributed by atoms with E-state index in [0.717, 1.165) is 10.7 Å². The summed E-state index contributed by atoms with van der Waals surface area (Å²) in [6.07, 6.45) is 0.891. The lowest BCUT2D eigenvalue weighted by molar-refractivity contribution is -0.137. The minimum Gasteiger partial charge on any atom is -0.481 e. The Morgan fingerprint density at radius 2 is 1.88 bits per heavy atom. The number of hydrogen-bond donors (Lipinski definition) is 1. The maximum atomic E-state index is 12.0. The predicted molar refractivity (Wildman–Crippen MR) is 63.7 cm³/mol. The summed E-state index contributed by atoms with van der Waals surface area (Å²) in [7, 11) is -0.563. The van der Waals surface area contributed by atoms with Gasteiger partial charge in [-0.2, -0.15) is 17.0 Å². The average Bonchev–Trinajstić information content (AvgIpc) is 2.90. The van der Waals surface area contributed by atoms with Crippen LogP contribution in [0.15, 0.2) is 0 Å². The molecule has 17 heavy (non-hydrogen) atoms. The van der Waals surface area contributed by atoms with Crippen LogP contribution in [0.3, 0.4) is 0 Å². The predicted octanol–water partition coefficient (Wildman–Crippen LogP) is 0.226. The van der Waals surface area contributed by atoms with Crippen LogP contribution in [-0.2, 0) is 15.0 Å². The molecule has 7 heteroatoms. The second-order valence-electron chi connectivity index (χ2n) is 4.73. The van der Waals surface area contributed by atoms with Crippen LogP contribution in [0.2, 0.25) is 0 Å². The first-order chi connectivity index (χ1) is 7.75. The van der Waals surface area contributed by atoms with Crippen LogP contribution in [0, 0.1) is 11.8 Å². The highest BCUT2D eigenvalue weighted by atomic mass is 32.2. The molecule has 0 radical (unpaired) electrons. The van der Waals surface area contributed by atoms with Crippen molar-refractivity contribution >= 4 is 16.2 Å². The fourth-order valence-corrected chi connectivity index (χ4v) is 2.86. The van der Waals surface area contributed by atoms with E-state index >= 15 is 0 Å². The molecule has 2 atom stereocenters. The lowest BCUT2D eigenvalue weighted by Gasteiger charge is -2.23. The van der Waals surface area contributed by atoms with Crippen molar-refractivity contribution in [1.82, 2.24) is 8.61 Å². The van der Waals surface area contributed by atoms with Gasteiger partial charge in [0.15, 0.2) is 0 Å². The van der Waals surface area contributed by atoms with Crippen molar-refractivity contribution < 1.29 is 18.3 Å². The molecule has 0 spiro atoms. The Labute approximate surface area is 102 Å². The van der Waals surface area contributed by atoms with Crippen LogP contribution in [0.25, 0.3) is 0 Å². The SMILES string of the molecule is CC1CC1CN(C)S(=O)(=O)N(C)CCC(=O)O. The van der Waals surface area contributed by atoms with Crippen LogP contribution in [0.5, 0.6) is 0 Å². The molecule has 0 aliphatic heterocycles. The van der Waals surface area contributed by atoms with E-state index in [4.69, 9.17) is 5.11 Å². The molecule has 1 saturated carbocycles. The first kappa shape index (κ1) is 14.4. The fourth-order valence-electron chi connectivity index (χ4n) is 1.68. The monoisotopic (exact) mass is 264 g/mol. The highest BCUT2D eigenvalue weighted by Crippen LogP contribution is 2.38. The normalized spacial score (nSPS) is 24.3. The number of hydrogen-bond acceptors (Lipinski definition) is 3. The van der Waals surface area contributed by atoms with E-state index in [2.05, 4.69) is 6.92 Å². The van der Waals surface area contributed by atoms with E-state index in [0.29, 0.717) is 18.4 Å². The van der Waals surface area contributed by atoms with Gasteiger partial charge < -0.3 is 5.11 Å². The molecule has 0 aromatic rings. The van der Waals surface area contributed by atoms with Gasteiger partial charge in [-0.25, -0.2) is 0 Å². The van der Waals surface area contributed by atoms with Crippen LogP contribution < -0.4 is 0 Å². The van der Waals surface area contributed by atoms with Crippen molar-refractivity contribution in [3.63, 3.8) is 0 Å². The Hall–Kier alpha value is -0.660. The maximum Gasteiger partial charge on any atom is 0.304 e. The van der Waals surface area contributed by atoms with Gasteiger partial charge in [0, 0.05) is 27.2 Å². The maximum absolute atomic E-state index is 12.0. The Bertz CT molecular complexity index is 382. The number of nitrogens with zero attached hydrogens (tertiary/aromatic N) is 2. The third-order valence-electron chi connectivity index (χ3n) is 3.20. The third kappa shape index (κ3) is 3.93. The van der Waals surface area contributed by atoms with E-state index in [-0.39, 0.29) is 13.0 Å². The lowest BCUT2D eigenvalue weighted by atomic mass is 10.3. The molecule has 1 aliphatic carbocycles. The van der Waals surface area contributed by atoms with E-state index in [1.807, 2.05) is 0 Å². The molecular weight excluding hydrogens is 244 g/mol. The summed E-state index contributed by atoms with van der Waals surface area (Å²) in [5.74, 6) is 0.0464. The Morgan fingerprint density at radius 1 is 1.35 bits per heavy atom. The van der Waals surface area contributed by atoms with Crippen LogP contribution in [0.4, 0.5) is 0 Å². The first-order valence-electron chi connectivity index (χ1n) is 5.64. The molecule has 2 unspecified atom stereocenters.